The molecule has 0 bridgehead atoms. The number of para-hydroxylation sites is 1. The molecule has 0 atom stereocenters. The van der Waals surface area contributed by atoms with Crippen molar-refractivity contribution in [2.24, 2.45) is 0 Å². The van der Waals surface area contributed by atoms with Gasteiger partial charge >= 0.3 is 0 Å². The smallest absolute Gasteiger partial charge is 0.220 e. The van der Waals surface area contributed by atoms with Crippen molar-refractivity contribution in [1.82, 2.24) is 19.4 Å². The van der Waals surface area contributed by atoms with Gasteiger partial charge in [-0.05, 0) is 23.6 Å². The molecule has 4 heterocycles. The zero-order valence-electron chi connectivity index (χ0n) is 16.0. The maximum atomic E-state index is 12.7. The highest BCUT2D eigenvalue weighted by Crippen LogP contribution is 2.30. The second-order valence-electron chi connectivity index (χ2n) is 7.00. The second kappa shape index (κ2) is 7.78. The first-order chi connectivity index (χ1) is 14.6. The Morgan fingerprint density at radius 1 is 1.00 bits per heavy atom. The molecule has 0 saturated carbocycles. The van der Waals surface area contributed by atoms with Gasteiger partial charge in [0.1, 0.15) is 17.8 Å². The van der Waals surface area contributed by atoms with Gasteiger partial charge in [-0.2, -0.15) is 4.31 Å². The molecule has 154 valence electrons. The maximum absolute atomic E-state index is 12.7. The van der Waals surface area contributed by atoms with Crippen LogP contribution in [0.5, 0.6) is 0 Å². The van der Waals surface area contributed by atoms with E-state index in [0.29, 0.717) is 37.7 Å². The van der Waals surface area contributed by atoms with Crippen LogP contribution < -0.4 is 4.90 Å². The molecular weight excluding hydrogens is 422 g/mol. The Morgan fingerprint density at radius 3 is 2.57 bits per heavy atom. The first-order valence-electron chi connectivity index (χ1n) is 9.53. The van der Waals surface area contributed by atoms with E-state index in [1.54, 1.807) is 17.4 Å². The summed E-state index contributed by atoms with van der Waals surface area (Å²) in [4.78, 5) is 12.7. The van der Waals surface area contributed by atoms with Crippen molar-refractivity contribution in [2.45, 2.75) is 5.75 Å². The average Bonchev–Trinajstić information content (AvgIpc) is 3.47. The van der Waals surface area contributed by atoms with Gasteiger partial charge in [-0.1, -0.05) is 23.4 Å². The molecule has 1 aliphatic rings. The van der Waals surface area contributed by atoms with Crippen LogP contribution in [0.4, 0.5) is 5.82 Å². The van der Waals surface area contributed by atoms with Crippen molar-refractivity contribution < 1.29 is 12.9 Å². The minimum absolute atomic E-state index is 0.150. The van der Waals surface area contributed by atoms with Crippen LogP contribution in [0.1, 0.15) is 5.69 Å². The predicted octanol–water partition coefficient (Wildman–Crippen LogP) is 3.00. The summed E-state index contributed by atoms with van der Waals surface area (Å²) in [5.74, 6) is 1.39. The van der Waals surface area contributed by atoms with Crippen LogP contribution in [0.25, 0.3) is 21.6 Å². The highest BCUT2D eigenvalue weighted by molar-refractivity contribution is 7.88. The number of rotatable bonds is 5. The number of benzene rings is 1. The molecule has 1 saturated heterocycles. The lowest BCUT2D eigenvalue weighted by atomic mass is 10.2. The standard InChI is InChI=1S/C20H19N5O3S2/c26-30(27,14-15-7-12-28-23-15)25-10-8-24(9-11-25)20-16-4-1-2-5-17(16)21-19(22-20)18-6-3-13-29-18/h1-7,12-13H,8-11,14H2. The molecule has 4 aromatic rings. The van der Waals surface area contributed by atoms with Gasteiger partial charge in [0.05, 0.1) is 16.1 Å². The largest absolute Gasteiger partial charge is 0.364 e. The van der Waals surface area contributed by atoms with Crippen LogP contribution in [0.2, 0.25) is 0 Å². The zero-order valence-corrected chi connectivity index (χ0v) is 17.6. The van der Waals surface area contributed by atoms with Crippen molar-refractivity contribution in [3.8, 4) is 10.7 Å². The summed E-state index contributed by atoms with van der Waals surface area (Å²) in [6.07, 6.45) is 1.38. The molecule has 3 aromatic heterocycles. The Bertz CT molecular complexity index is 1250. The van der Waals surface area contributed by atoms with Gasteiger partial charge < -0.3 is 9.42 Å². The summed E-state index contributed by atoms with van der Waals surface area (Å²) < 4.78 is 31.7. The minimum Gasteiger partial charge on any atom is -0.364 e. The van der Waals surface area contributed by atoms with Crippen molar-refractivity contribution >= 4 is 38.1 Å². The van der Waals surface area contributed by atoms with Crippen molar-refractivity contribution in [1.29, 1.82) is 0 Å². The highest BCUT2D eigenvalue weighted by atomic mass is 32.2. The van der Waals surface area contributed by atoms with E-state index in [1.807, 2.05) is 41.8 Å². The van der Waals surface area contributed by atoms with Crippen molar-refractivity contribution in [3.05, 3.63) is 59.8 Å². The first-order valence-corrected chi connectivity index (χ1v) is 12.0. The number of hydrogen-bond donors (Lipinski definition) is 0. The van der Waals surface area contributed by atoms with Gasteiger partial charge in [-0.3, -0.25) is 0 Å². The van der Waals surface area contributed by atoms with Gasteiger partial charge in [0, 0.05) is 37.6 Å². The van der Waals surface area contributed by atoms with Crippen molar-refractivity contribution in [3.63, 3.8) is 0 Å². The molecule has 0 N–H and O–H groups in total. The Hall–Kier alpha value is -2.82. The normalized spacial score (nSPS) is 15.7. The molecule has 1 aliphatic heterocycles. The van der Waals surface area contributed by atoms with Crippen LogP contribution >= 0.6 is 11.3 Å². The Kier molecular flexibility index (Phi) is 4.97. The quantitative estimate of drug-likeness (QED) is 0.470. The molecule has 0 amide bonds. The molecule has 1 aromatic carbocycles. The van der Waals surface area contributed by atoms with Crippen LogP contribution in [0.3, 0.4) is 0 Å². The number of fused-ring (bicyclic) bond motifs is 1. The third-order valence-corrected chi connectivity index (χ3v) is 7.76. The van der Waals surface area contributed by atoms with Crippen LogP contribution in [-0.4, -0.2) is 54.0 Å². The summed E-state index contributed by atoms with van der Waals surface area (Å²) in [6.45, 7) is 1.91. The van der Waals surface area contributed by atoms with Gasteiger partial charge in [0.25, 0.3) is 0 Å². The van der Waals surface area contributed by atoms with E-state index in [2.05, 4.69) is 10.1 Å². The third-order valence-electron chi connectivity index (χ3n) is 5.08. The molecule has 0 unspecified atom stereocenters. The fraction of sp³-hybridized carbons (Fsp3) is 0.250. The number of anilines is 1. The first kappa shape index (κ1) is 19.2. The van der Waals surface area contributed by atoms with E-state index in [1.165, 1.54) is 10.6 Å². The second-order valence-corrected chi connectivity index (χ2v) is 9.91. The van der Waals surface area contributed by atoms with Crippen molar-refractivity contribution in [2.75, 3.05) is 31.1 Å². The Balaban J connectivity index is 1.41. The summed E-state index contributed by atoms with van der Waals surface area (Å²) in [5, 5.41) is 6.69. The monoisotopic (exact) mass is 441 g/mol. The molecule has 0 aliphatic carbocycles. The lowest BCUT2D eigenvalue weighted by molar-refractivity contribution is 0.381. The van der Waals surface area contributed by atoms with E-state index in [9.17, 15) is 8.42 Å². The van der Waals surface area contributed by atoms with Crippen LogP contribution in [0.15, 0.2) is 58.6 Å². The van der Waals surface area contributed by atoms with E-state index >= 15 is 0 Å². The van der Waals surface area contributed by atoms with E-state index in [-0.39, 0.29) is 5.75 Å². The number of sulfonamides is 1. The number of nitrogens with zero attached hydrogens (tertiary/aromatic N) is 5. The summed E-state index contributed by atoms with van der Waals surface area (Å²) in [5.41, 5.74) is 1.30. The molecule has 0 radical (unpaired) electrons. The molecule has 30 heavy (non-hydrogen) atoms. The predicted molar refractivity (Wildman–Crippen MR) is 116 cm³/mol. The maximum Gasteiger partial charge on any atom is 0.220 e. The number of aromatic nitrogens is 3. The fourth-order valence-corrected chi connectivity index (χ4v) is 5.67. The van der Waals surface area contributed by atoms with E-state index in [4.69, 9.17) is 14.5 Å². The fourth-order valence-electron chi connectivity index (χ4n) is 3.59. The number of hydrogen-bond acceptors (Lipinski definition) is 8. The molecule has 0 spiro atoms. The molecule has 8 nitrogen and oxygen atoms in total. The van der Waals surface area contributed by atoms with Crippen LogP contribution in [0, 0.1) is 0 Å². The zero-order chi connectivity index (χ0) is 20.6. The number of thiophene rings is 1. The van der Waals surface area contributed by atoms with E-state index < -0.39 is 10.0 Å². The topological polar surface area (TPSA) is 92.4 Å². The average molecular weight is 442 g/mol. The summed E-state index contributed by atoms with van der Waals surface area (Å²) in [7, 11) is -3.44. The van der Waals surface area contributed by atoms with Gasteiger partial charge in [-0.15, -0.1) is 11.3 Å². The lowest BCUT2D eigenvalue weighted by Gasteiger charge is -2.35. The Labute approximate surface area is 177 Å². The van der Waals surface area contributed by atoms with E-state index in [0.717, 1.165) is 21.6 Å². The molecule has 10 heteroatoms. The molecule has 5 rings (SSSR count). The molecular formula is C20H19N5O3S2. The minimum atomic E-state index is -3.44. The third kappa shape index (κ3) is 3.69. The Morgan fingerprint density at radius 2 is 1.83 bits per heavy atom. The SMILES string of the molecule is O=S(=O)(Cc1ccon1)N1CCN(c2nc(-c3cccs3)nc3ccccc23)CC1. The highest BCUT2D eigenvalue weighted by Gasteiger charge is 2.29. The lowest BCUT2D eigenvalue weighted by Crippen LogP contribution is -2.49. The van der Waals surface area contributed by atoms with Gasteiger partial charge in [0.2, 0.25) is 10.0 Å². The number of piperazine rings is 1. The summed E-state index contributed by atoms with van der Waals surface area (Å²) >= 11 is 1.60. The van der Waals surface area contributed by atoms with Crippen LogP contribution in [-0.2, 0) is 15.8 Å². The van der Waals surface area contributed by atoms with Gasteiger partial charge in [-0.25, -0.2) is 18.4 Å². The summed E-state index contributed by atoms with van der Waals surface area (Å²) in [6, 6.07) is 13.5. The van der Waals surface area contributed by atoms with Gasteiger partial charge in [0.15, 0.2) is 5.82 Å². The molecule has 1 fully saturated rings.